The Kier molecular flexibility index (Phi) is 5.59. The highest BCUT2D eigenvalue weighted by Gasteiger charge is 2.17. The molecule has 3 N–H and O–H groups in total. The molecule has 3 amide bonds. The molecule has 0 heterocycles. The zero-order valence-corrected chi connectivity index (χ0v) is 11.6. The van der Waals surface area contributed by atoms with Crippen molar-refractivity contribution >= 4 is 11.9 Å². The molecular formula is C13H25N3O2. The van der Waals surface area contributed by atoms with E-state index in [0.29, 0.717) is 0 Å². The molecule has 1 aliphatic rings. The van der Waals surface area contributed by atoms with Crippen molar-refractivity contribution in [3.63, 3.8) is 0 Å². The Morgan fingerprint density at radius 3 is 2.28 bits per heavy atom. The third-order valence-corrected chi connectivity index (χ3v) is 2.97. The van der Waals surface area contributed by atoms with Gasteiger partial charge in [-0.15, -0.1) is 0 Å². The van der Waals surface area contributed by atoms with Gasteiger partial charge in [0.25, 0.3) is 0 Å². The lowest BCUT2D eigenvalue weighted by Gasteiger charge is -2.23. The molecule has 104 valence electrons. The van der Waals surface area contributed by atoms with E-state index in [-0.39, 0.29) is 30.1 Å². The van der Waals surface area contributed by atoms with E-state index in [1.165, 1.54) is 6.42 Å². The molecule has 5 nitrogen and oxygen atoms in total. The van der Waals surface area contributed by atoms with Gasteiger partial charge in [-0.05, 0) is 33.6 Å². The molecule has 0 aliphatic heterocycles. The zero-order valence-electron chi connectivity index (χ0n) is 11.6. The third kappa shape index (κ3) is 6.59. The number of hydrogen-bond acceptors (Lipinski definition) is 3. The van der Waals surface area contributed by atoms with Crippen LogP contribution in [-0.2, 0) is 4.79 Å². The third-order valence-electron chi connectivity index (χ3n) is 2.97. The SMILES string of the molecule is CC(C)(C)NCC(=O)NC(=O)NC1CCCCC1. The molecule has 0 aromatic heterocycles. The van der Waals surface area contributed by atoms with Gasteiger partial charge in [0.05, 0.1) is 6.54 Å². The fourth-order valence-electron chi connectivity index (χ4n) is 1.98. The Morgan fingerprint density at radius 1 is 1.11 bits per heavy atom. The molecule has 0 saturated heterocycles. The lowest BCUT2D eigenvalue weighted by atomic mass is 9.96. The molecule has 0 aromatic rings. The summed E-state index contributed by atoms with van der Waals surface area (Å²) in [5.74, 6) is -0.293. The molecule has 1 fully saturated rings. The number of imide groups is 1. The summed E-state index contributed by atoms with van der Waals surface area (Å²) in [4.78, 5) is 23.1. The summed E-state index contributed by atoms with van der Waals surface area (Å²) in [7, 11) is 0. The molecule has 0 aromatic carbocycles. The molecule has 0 bridgehead atoms. The number of rotatable bonds is 3. The van der Waals surface area contributed by atoms with Gasteiger partial charge in [0.1, 0.15) is 0 Å². The predicted molar refractivity (Wildman–Crippen MR) is 71.3 cm³/mol. The van der Waals surface area contributed by atoms with Gasteiger partial charge in [0.15, 0.2) is 0 Å². The summed E-state index contributed by atoms with van der Waals surface area (Å²) >= 11 is 0. The van der Waals surface area contributed by atoms with Gasteiger partial charge in [-0.1, -0.05) is 19.3 Å². The molecule has 1 saturated carbocycles. The van der Waals surface area contributed by atoms with Gasteiger partial charge in [-0.3, -0.25) is 10.1 Å². The molecule has 0 unspecified atom stereocenters. The zero-order chi connectivity index (χ0) is 13.6. The average Bonchev–Trinajstić information content (AvgIpc) is 2.26. The summed E-state index contributed by atoms with van der Waals surface area (Å²) in [6, 6.07) is -0.148. The fourth-order valence-corrected chi connectivity index (χ4v) is 1.98. The van der Waals surface area contributed by atoms with E-state index in [1.807, 2.05) is 20.8 Å². The van der Waals surface area contributed by atoms with Crippen LogP contribution in [0.25, 0.3) is 0 Å². The summed E-state index contributed by atoms with van der Waals surface area (Å²) in [5.41, 5.74) is -0.128. The van der Waals surface area contributed by atoms with E-state index < -0.39 is 0 Å². The van der Waals surface area contributed by atoms with Crippen molar-refractivity contribution < 1.29 is 9.59 Å². The Bertz CT molecular complexity index is 291. The highest BCUT2D eigenvalue weighted by Crippen LogP contribution is 2.16. The predicted octanol–water partition coefficient (Wildman–Crippen LogP) is 1.53. The van der Waals surface area contributed by atoms with Crippen molar-refractivity contribution in [3.8, 4) is 0 Å². The second kappa shape index (κ2) is 6.73. The first kappa shape index (κ1) is 15.0. The maximum Gasteiger partial charge on any atom is 0.321 e. The molecule has 0 spiro atoms. The van der Waals surface area contributed by atoms with Crippen molar-refractivity contribution in [3.05, 3.63) is 0 Å². The average molecular weight is 255 g/mol. The number of hydrogen-bond donors (Lipinski definition) is 3. The van der Waals surface area contributed by atoms with Gasteiger partial charge in [-0.25, -0.2) is 4.79 Å². The highest BCUT2D eigenvalue weighted by molar-refractivity contribution is 5.95. The number of carbonyl (C=O) groups is 2. The number of urea groups is 1. The number of amides is 3. The van der Waals surface area contributed by atoms with Gasteiger partial charge in [-0.2, -0.15) is 0 Å². The maximum atomic E-state index is 11.6. The van der Waals surface area contributed by atoms with Crippen molar-refractivity contribution in [2.24, 2.45) is 0 Å². The molecule has 1 rings (SSSR count). The topological polar surface area (TPSA) is 70.2 Å². The van der Waals surface area contributed by atoms with E-state index in [4.69, 9.17) is 0 Å². The van der Waals surface area contributed by atoms with Crippen LogP contribution >= 0.6 is 0 Å². The standard InChI is InChI=1S/C13H25N3O2/c1-13(2,3)14-9-11(17)16-12(18)15-10-7-5-4-6-8-10/h10,14H,4-9H2,1-3H3,(H2,15,16,17,18). The van der Waals surface area contributed by atoms with Gasteiger partial charge in [0, 0.05) is 11.6 Å². The second-order valence-corrected chi connectivity index (χ2v) is 5.96. The lowest BCUT2D eigenvalue weighted by molar-refractivity contribution is -0.119. The molecule has 1 aliphatic carbocycles. The smallest absolute Gasteiger partial charge is 0.321 e. The van der Waals surface area contributed by atoms with E-state index in [0.717, 1.165) is 25.7 Å². The van der Waals surface area contributed by atoms with Gasteiger partial charge in [0.2, 0.25) is 5.91 Å². The van der Waals surface area contributed by atoms with Crippen LogP contribution in [0, 0.1) is 0 Å². The van der Waals surface area contributed by atoms with Crippen molar-refractivity contribution in [1.29, 1.82) is 0 Å². The molecule has 5 heteroatoms. The Labute approximate surface area is 109 Å². The van der Waals surface area contributed by atoms with Gasteiger partial charge < -0.3 is 10.6 Å². The summed E-state index contributed by atoms with van der Waals surface area (Å²) < 4.78 is 0. The largest absolute Gasteiger partial charge is 0.335 e. The van der Waals surface area contributed by atoms with Gasteiger partial charge >= 0.3 is 6.03 Å². The van der Waals surface area contributed by atoms with Crippen LogP contribution in [-0.4, -0.2) is 30.1 Å². The van der Waals surface area contributed by atoms with Crippen LogP contribution in [0.2, 0.25) is 0 Å². The van der Waals surface area contributed by atoms with Crippen LogP contribution < -0.4 is 16.0 Å². The highest BCUT2D eigenvalue weighted by atomic mass is 16.2. The summed E-state index contributed by atoms with van der Waals surface area (Å²) in [6.45, 7) is 6.08. The van der Waals surface area contributed by atoms with Crippen LogP contribution in [0.5, 0.6) is 0 Å². The monoisotopic (exact) mass is 255 g/mol. The molecule has 0 radical (unpaired) electrons. The van der Waals surface area contributed by atoms with Crippen molar-refractivity contribution in [2.45, 2.75) is 64.5 Å². The Balaban J connectivity index is 2.20. The quantitative estimate of drug-likeness (QED) is 0.716. The first-order valence-corrected chi connectivity index (χ1v) is 6.72. The van der Waals surface area contributed by atoms with Crippen LogP contribution in [0.15, 0.2) is 0 Å². The minimum atomic E-state index is -0.373. The normalized spacial score (nSPS) is 17.3. The fraction of sp³-hybridized carbons (Fsp3) is 0.846. The van der Waals surface area contributed by atoms with E-state index in [2.05, 4.69) is 16.0 Å². The Morgan fingerprint density at radius 2 is 1.72 bits per heavy atom. The van der Waals surface area contributed by atoms with Crippen molar-refractivity contribution in [1.82, 2.24) is 16.0 Å². The number of nitrogens with one attached hydrogen (secondary N) is 3. The lowest BCUT2D eigenvalue weighted by Crippen LogP contribution is -2.49. The molecular weight excluding hydrogens is 230 g/mol. The number of carbonyl (C=O) groups excluding carboxylic acids is 2. The minimum Gasteiger partial charge on any atom is -0.335 e. The van der Waals surface area contributed by atoms with E-state index >= 15 is 0 Å². The van der Waals surface area contributed by atoms with E-state index in [1.54, 1.807) is 0 Å². The first-order valence-electron chi connectivity index (χ1n) is 6.72. The second-order valence-electron chi connectivity index (χ2n) is 5.96. The Hall–Kier alpha value is -1.10. The van der Waals surface area contributed by atoms with Crippen LogP contribution in [0.1, 0.15) is 52.9 Å². The molecule has 18 heavy (non-hydrogen) atoms. The summed E-state index contributed by atoms with van der Waals surface area (Å²) in [5, 5.41) is 8.24. The maximum absolute atomic E-state index is 11.6. The van der Waals surface area contributed by atoms with Crippen molar-refractivity contribution in [2.75, 3.05) is 6.54 Å². The summed E-state index contributed by atoms with van der Waals surface area (Å²) in [6.07, 6.45) is 5.59. The van der Waals surface area contributed by atoms with Crippen LogP contribution in [0.4, 0.5) is 4.79 Å². The minimum absolute atomic E-state index is 0.128. The first-order chi connectivity index (χ1) is 8.37. The molecule has 0 atom stereocenters. The van der Waals surface area contributed by atoms with Crippen LogP contribution in [0.3, 0.4) is 0 Å². The van der Waals surface area contributed by atoms with E-state index in [9.17, 15) is 9.59 Å².